The summed E-state index contributed by atoms with van der Waals surface area (Å²) in [4.78, 5) is 15.5. The molecule has 3 rings (SSSR count). The van der Waals surface area contributed by atoms with Gasteiger partial charge in [-0.15, -0.1) is 11.3 Å². The lowest BCUT2D eigenvalue weighted by Crippen LogP contribution is -2.39. The maximum absolute atomic E-state index is 12.8. The number of carbonyl (C=O) groups excluding carboxylic acids is 1. The lowest BCUT2D eigenvalue weighted by molar-refractivity contribution is -0.128. The Morgan fingerprint density at radius 3 is 2.64 bits per heavy atom. The van der Waals surface area contributed by atoms with Gasteiger partial charge in [0.1, 0.15) is 0 Å². The molecule has 1 aliphatic heterocycles. The van der Waals surface area contributed by atoms with Gasteiger partial charge in [0.05, 0.1) is 18.1 Å². The lowest BCUT2D eigenvalue weighted by atomic mass is 10.1. The van der Waals surface area contributed by atoms with Crippen LogP contribution >= 0.6 is 11.3 Å². The summed E-state index contributed by atoms with van der Waals surface area (Å²) in [5.74, 6) is 0.0758. The van der Waals surface area contributed by atoms with Crippen molar-refractivity contribution in [3.8, 4) is 0 Å². The van der Waals surface area contributed by atoms with E-state index >= 15 is 0 Å². The van der Waals surface area contributed by atoms with Gasteiger partial charge < -0.3 is 4.90 Å². The van der Waals surface area contributed by atoms with E-state index in [1.54, 1.807) is 28.4 Å². The number of thiophene rings is 1. The number of sulfone groups is 1. The average Bonchev–Trinajstić information content (AvgIpc) is 3.21. The highest BCUT2D eigenvalue weighted by atomic mass is 32.2. The van der Waals surface area contributed by atoms with Gasteiger partial charge in [0.25, 0.3) is 0 Å². The Labute approximate surface area is 152 Å². The molecule has 0 unspecified atom stereocenters. The Kier molecular flexibility index (Phi) is 5.39. The standard InChI is InChI=1S/C19H21NO3S2/c1-15-4-6-16(7-5-15)8-9-19(21)20(13-18-3-2-11-24-18)17-10-12-25(22,23)14-17/h2-9,11,17H,10,12-14H2,1H3/b9-8+/t17-/m0/s1. The van der Waals surface area contributed by atoms with Gasteiger partial charge in [0, 0.05) is 17.0 Å². The van der Waals surface area contributed by atoms with Gasteiger partial charge in [-0.2, -0.15) is 0 Å². The Morgan fingerprint density at radius 2 is 2.04 bits per heavy atom. The third-order valence-electron chi connectivity index (χ3n) is 4.33. The number of amides is 1. The Bertz CT molecular complexity index is 853. The van der Waals surface area contributed by atoms with E-state index in [0.717, 1.165) is 10.4 Å². The predicted molar refractivity (Wildman–Crippen MR) is 102 cm³/mol. The summed E-state index contributed by atoms with van der Waals surface area (Å²) in [6.07, 6.45) is 3.84. The fourth-order valence-electron chi connectivity index (χ4n) is 2.92. The van der Waals surface area contributed by atoms with Crippen molar-refractivity contribution in [2.45, 2.75) is 25.9 Å². The fraction of sp³-hybridized carbons (Fsp3) is 0.316. The molecular weight excluding hydrogens is 354 g/mol. The summed E-state index contributed by atoms with van der Waals surface area (Å²) in [6.45, 7) is 2.47. The normalized spacial score (nSPS) is 19.3. The molecule has 0 radical (unpaired) electrons. The van der Waals surface area contributed by atoms with Crippen molar-refractivity contribution in [3.63, 3.8) is 0 Å². The van der Waals surface area contributed by atoms with Crippen molar-refractivity contribution in [3.05, 3.63) is 63.9 Å². The highest BCUT2D eigenvalue weighted by Crippen LogP contribution is 2.22. The fourth-order valence-corrected chi connectivity index (χ4v) is 5.35. The first-order valence-electron chi connectivity index (χ1n) is 8.21. The molecule has 25 heavy (non-hydrogen) atoms. The molecule has 6 heteroatoms. The molecule has 1 amide bonds. The van der Waals surface area contributed by atoms with E-state index in [2.05, 4.69) is 0 Å². The van der Waals surface area contributed by atoms with Crippen LogP contribution in [0.1, 0.15) is 22.4 Å². The Morgan fingerprint density at radius 1 is 1.28 bits per heavy atom. The molecule has 2 heterocycles. The van der Waals surface area contributed by atoms with E-state index in [-0.39, 0.29) is 23.5 Å². The third-order valence-corrected chi connectivity index (χ3v) is 6.95. The second kappa shape index (κ2) is 7.54. The molecule has 1 aliphatic rings. The molecule has 1 atom stereocenters. The highest BCUT2D eigenvalue weighted by molar-refractivity contribution is 7.91. The summed E-state index contributed by atoms with van der Waals surface area (Å²) in [6, 6.07) is 11.6. The molecule has 0 aliphatic carbocycles. The predicted octanol–water partition coefficient (Wildman–Crippen LogP) is 3.29. The van der Waals surface area contributed by atoms with Gasteiger partial charge in [-0.05, 0) is 36.4 Å². The number of hydrogen-bond acceptors (Lipinski definition) is 4. The Hall–Kier alpha value is -1.92. The van der Waals surface area contributed by atoms with Gasteiger partial charge >= 0.3 is 0 Å². The van der Waals surface area contributed by atoms with Crippen LogP contribution in [0, 0.1) is 6.92 Å². The van der Waals surface area contributed by atoms with E-state index in [1.807, 2.05) is 48.7 Å². The van der Waals surface area contributed by atoms with Crippen LogP contribution in [0.25, 0.3) is 6.08 Å². The minimum Gasteiger partial charge on any atom is -0.330 e. The van der Waals surface area contributed by atoms with E-state index in [1.165, 1.54) is 5.56 Å². The van der Waals surface area contributed by atoms with Crippen molar-refractivity contribution < 1.29 is 13.2 Å². The SMILES string of the molecule is Cc1ccc(/C=C/C(=O)N(Cc2cccs2)[C@H]2CCS(=O)(=O)C2)cc1. The van der Waals surface area contributed by atoms with Gasteiger partial charge in [0.2, 0.25) is 5.91 Å². The van der Waals surface area contributed by atoms with Crippen LogP contribution in [0.3, 0.4) is 0 Å². The zero-order chi connectivity index (χ0) is 17.9. The number of carbonyl (C=O) groups is 1. The second-order valence-electron chi connectivity index (χ2n) is 6.35. The topological polar surface area (TPSA) is 54.5 Å². The molecule has 2 aromatic rings. The van der Waals surface area contributed by atoms with E-state index < -0.39 is 9.84 Å². The molecule has 1 fully saturated rings. The summed E-state index contributed by atoms with van der Waals surface area (Å²) in [7, 11) is -3.04. The van der Waals surface area contributed by atoms with Crippen LogP contribution in [-0.4, -0.2) is 36.8 Å². The molecule has 4 nitrogen and oxygen atoms in total. The molecule has 0 spiro atoms. The quantitative estimate of drug-likeness (QED) is 0.754. The van der Waals surface area contributed by atoms with Crippen LogP contribution in [0.4, 0.5) is 0 Å². The van der Waals surface area contributed by atoms with Gasteiger partial charge in [-0.1, -0.05) is 35.9 Å². The smallest absolute Gasteiger partial charge is 0.247 e. The largest absolute Gasteiger partial charge is 0.330 e. The highest BCUT2D eigenvalue weighted by Gasteiger charge is 2.34. The molecule has 1 saturated heterocycles. The molecule has 0 bridgehead atoms. The van der Waals surface area contributed by atoms with Gasteiger partial charge in [-0.3, -0.25) is 4.79 Å². The Balaban J connectivity index is 1.78. The minimum absolute atomic E-state index is 0.0580. The molecule has 0 N–H and O–H groups in total. The number of aryl methyl sites for hydroxylation is 1. The van der Waals surface area contributed by atoms with Crippen LogP contribution in [0.2, 0.25) is 0 Å². The molecule has 1 aromatic carbocycles. The molecule has 0 saturated carbocycles. The van der Waals surface area contributed by atoms with E-state index in [4.69, 9.17) is 0 Å². The number of rotatable bonds is 5. The van der Waals surface area contributed by atoms with Crippen LogP contribution < -0.4 is 0 Å². The summed E-state index contributed by atoms with van der Waals surface area (Å²) >= 11 is 1.58. The number of benzene rings is 1. The zero-order valence-corrected chi connectivity index (χ0v) is 15.7. The first-order chi connectivity index (χ1) is 11.9. The van der Waals surface area contributed by atoms with Crippen molar-refractivity contribution >= 4 is 33.2 Å². The lowest BCUT2D eigenvalue weighted by Gasteiger charge is -2.26. The first-order valence-corrected chi connectivity index (χ1v) is 10.9. The summed E-state index contributed by atoms with van der Waals surface area (Å²) in [5.41, 5.74) is 2.12. The minimum atomic E-state index is -3.04. The van der Waals surface area contributed by atoms with Crippen molar-refractivity contribution in [2.75, 3.05) is 11.5 Å². The first kappa shape index (κ1) is 17.9. The van der Waals surface area contributed by atoms with E-state index in [9.17, 15) is 13.2 Å². The number of nitrogens with zero attached hydrogens (tertiary/aromatic N) is 1. The molecule has 1 aromatic heterocycles. The average molecular weight is 376 g/mol. The molecule has 132 valence electrons. The van der Waals surface area contributed by atoms with Gasteiger partial charge in [0.15, 0.2) is 9.84 Å². The molecular formula is C19H21NO3S2. The number of hydrogen-bond donors (Lipinski definition) is 0. The monoisotopic (exact) mass is 375 g/mol. The van der Waals surface area contributed by atoms with E-state index in [0.29, 0.717) is 13.0 Å². The van der Waals surface area contributed by atoms with Crippen LogP contribution in [0.5, 0.6) is 0 Å². The summed E-state index contributed by atoms with van der Waals surface area (Å²) < 4.78 is 23.7. The van der Waals surface area contributed by atoms with Crippen molar-refractivity contribution in [2.24, 2.45) is 0 Å². The van der Waals surface area contributed by atoms with Gasteiger partial charge in [-0.25, -0.2) is 8.42 Å². The maximum Gasteiger partial charge on any atom is 0.247 e. The maximum atomic E-state index is 12.8. The van der Waals surface area contributed by atoms with Crippen LogP contribution in [-0.2, 0) is 21.2 Å². The van der Waals surface area contributed by atoms with Crippen molar-refractivity contribution in [1.82, 2.24) is 4.90 Å². The van der Waals surface area contributed by atoms with Crippen molar-refractivity contribution in [1.29, 1.82) is 0 Å². The zero-order valence-electron chi connectivity index (χ0n) is 14.1. The third kappa shape index (κ3) is 4.80. The summed E-state index contributed by atoms with van der Waals surface area (Å²) in [5, 5.41) is 1.96. The second-order valence-corrected chi connectivity index (χ2v) is 9.61. The van der Waals surface area contributed by atoms with Crippen LogP contribution in [0.15, 0.2) is 47.9 Å².